The number of nitrogens with zero attached hydrogens (tertiary/aromatic N) is 2. The van der Waals surface area contributed by atoms with E-state index in [2.05, 4.69) is 10.6 Å². The Morgan fingerprint density at radius 3 is 2.63 bits per heavy atom. The smallest absolute Gasteiger partial charge is 0.318 e. The molecule has 2 saturated heterocycles. The number of nitrogens with one attached hydrogen (secondary N) is 2. The summed E-state index contributed by atoms with van der Waals surface area (Å²) in [5.74, 6) is -0.0890. The van der Waals surface area contributed by atoms with Crippen molar-refractivity contribution in [2.45, 2.75) is 31.3 Å². The van der Waals surface area contributed by atoms with Crippen LogP contribution in [0.3, 0.4) is 0 Å². The molecule has 27 heavy (non-hydrogen) atoms. The largest absolute Gasteiger partial charge is 0.381 e. The van der Waals surface area contributed by atoms with Gasteiger partial charge in [-0.3, -0.25) is 4.79 Å². The van der Waals surface area contributed by atoms with Gasteiger partial charge < -0.3 is 25.2 Å². The van der Waals surface area contributed by atoms with Crippen LogP contribution in [0.15, 0.2) is 24.3 Å². The number of likely N-dealkylation sites (tertiary alicyclic amines) is 1. The van der Waals surface area contributed by atoms with Crippen LogP contribution in [0.1, 0.15) is 35.2 Å². The molecule has 7 heteroatoms. The van der Waals surface area contributed by atoms with Crippen molar-refractivity contribution in [2.75, 3.05) is 46.9 Å². The van der Waals surface area contributed by atoms with E-state index in [0.29, 0.717) is 18.7 Å². The topological polar surface area (TPSA) is 73.9 Å². The number of hydrogen-bond acceptors (Lipinski definition) is 4. The molecule has 1 aromatic rings. The van der Waals surface area contributed by atoms with Crippen molar-refractivity contribution >= 4 is 11.9 Å². The quantitative estimate of drug-likeness (QED) is 0.790. The van der Waals surface area contributed by atoms with Gasteiger partial charge in [0.05, 0.1) is 5.54 Å². The molecule has 1 spiro atoms. The number of benzene rings is 1. The van der Waals surface area contributed by atoms with Gasteiger partial charge in [-0.2, -0.15) is 0 Å². The second-order valence-corrected chi connectivity index (χ2v) is 7.66. The van der Waals surface area contributed by atoms with Crippen LogP contribution >= 0.6 is 0 Å². The Balaban J connectivity index is 1.51. The van der Waals surface area contributed by atoms with E-state index in [0.717, 1.165) is 51.1 Å². The second-order valence-electron chi connectivity index (χ2n) is 7.66. The Kier molecular flexibility index (Phi) is 6.34. The molecule has 1 aromatic carbocycles. The highest BCUT2D eigenvalue weighted by Crippen LogP contribution is 2.39. The van der Waals surface area contributed by atoms with Crippen LogP contribution in [-0.2, 0) is 11.3 Å². The molecule has 0 aromatic heterocycles. The summed E-state index contributed by atoms with van der Waals surface area (Å²) >= 11 is 0. The summed E-state index contributed by atoms with van der Waals surface area (Å²) in [4.78, 5) is 28.8. The van der Waals surface area contributed by atoms with E-state index in [-0.39, 0.29) is 17.5 Å². The highest BCUT2D eigenvalue weighted by Gasteiger charge is 2.47. The summed E-state index contributed by atoms with van der Waals surface area (Å²) in [6, 6.07) is 7.39. The van der Waals surface area contributed by atoms with Crippen LogP contribution in [0.25, 0.3) is 0 Å². The van der Waals surface area contributed by atoms with Gasteiger partial charge in [0.15, 0.2) is 0 Å². The van der Waals surface area contributed by atoms with Crippen molar-refractivity contribution in [1.29, 1.82) is 0 Å². The molecular weight excluding hydrogens is 344 g/mol. The lowest BCUT2D eigenvalue weighted by Crippen LogP contribution is -2.66. The van der Waals surface area contributed by atoms with Crippen molar-refractivity contribution in [2.24, 2.45) is 0 Å². The van der Waals surface area contributed by atoms with Gasteiger partial charge in [-0.25, -0.2) is 4.79 Å². The standard InChI is InChI=1S/C20H30N4O3/c1-23(2)11-9-21-18(25)17-5-3-4-16(14-17)15-22-19(26)24-10-6-20(24)7-12-27-13-8-20/h3-5,14H,6-13,15H2,1-2H3,(H,21,25)(H,22,26). The average molecular weight is 374 g/mol. The Morgan fingerprint density at radius 1 is 1.19 bits per heavy atom. The van der Waals surface area contributed by atoms with Gasteiger partial charge in [-0.1, -0.05) is 12.1 Å². The third-order valence-corrected chi connectivity index (χ3v) is 5.52. The van der Waals surface area contributed by atoms with Gasteiger partial charge in [0, 0.05) is 45.0 Å². The molecule has 0 saturated carbocycles. The molecule has 2 aliphatic rings. The van der Waals surface area contributed by atoms with E-state index >= 15 is 0 Å². The number of likely N-dealkylation sites (N-methyl/N-ethyl adjacent to an activating group) is 1. The zero-order valence-electron chi connectivity index (χ0n) is 16.3. The molecule has 0 atom stereocenters. The van der Waals surface area contributed by atoms with Crippen LogP contribution < -0.4 is 10.6 Å². The van der Waals surface area contributed by atoms with Crippen LogP contribution in [0.2, 0.25) is 0 Å². The number of hydrogen-bond donors (Lipinski definition) is 2. The van der Waals surface area contributed by atoms with Gasteiger partial charge in [-0.15, -0.1) is 0 Å². The molecule has 3 rings (SSSR count). The van der Waals surface area contributed by atoms with E-state index in [1.165, 1.54) is 0 Å². The summed E-state index contributed by atoms with van der Waals surface area (Å²) < 4.78 is 5.44. The zero-order chi connectivity index (χ0) is 19.3. The highest BCUT2D eigenvalue weighted by molar-refractivity contribution is 5.94. The fraction of sp³-hybridized carbons (Fsp3) is 0.600. The first-order valence-electron chi connectivity index (χ1n) is 9.65. The molecule has 0 aliphatic carbocycles. The molecule has 2 aliphatic heterocycles. The Hall–Kier alpha value is -2.12. The third kappa shape index (κ3) is 4.78. The van der Waals surface area contributed by atoms with Crippen LogP contribution in [0.5, 0.6) is 0 Å². The second kappa shape index (κ2) is 8.71. The lowest BCUT2D eigenvalue weighted by Gasteiger charge is -2.54. The maximum Gasteiger partial charge on any atom is 0.318 e. The maximum absolute atomic E-state index is 12.6. The Morgan fingerprint density at radius 2 is 1.96 bits per heavy atom. The predicted molar refractivity (Wildman–Crippen MR) is 104 cm³/mol. The number of rotatable bonds is 6. The molecule has 0 bridgehead atoms. The van der Waals surface area contributed by atoms with E-state index in [9.17, 15) is 9.59 Å². The van der Waals surface area contributed by atoms with E-state index in [1.54, 1.807) is 6.07 Å². The summed E-state index contributed by atoms with van der Waals surface area (Å²) in [6.07, 6.45) is 2.90. The van der Waals surface area contributed by atoms with Gasteiger partial charge >= 0.3 is 6.03 Å². The normalized spacial score (nSPS) is 18.3. The Bertz CT molecular complexity index is 671. The minimum absolute atomic E-state index is 0.00347. The lowest BCUT2D eigenvalue weighted by molar-refractivity contribution is -0.0629. The molecule has 0 unspecified atom stereocenters. The fourth-order valence-electron chi connectivity index (χ4n) is 3.72. The van der Waals surface area contributed by atoms with Gasteiger partial charge in [-0.05, 0) is 51.1 Å². The third-order valence-electron chi connectivity index (χ3n) is 5.52. The van der Waals surface area contributed by atoms with Crippen molar-refractivity contribution in [3.8, 4) is 0 Å². The molecular formula is C20H30N4O3. The number of amides is 3. The summed E-state index contributed by atoms with van der Waals surface area (Å²) in [7, 11) is 3.94. The highest BCUT2D eigenvalue weighted by atomic mass is 16.5. The molecule has 0 radical (unpaired) electrons. The molecule has 2 N–H and O–H groups in total. The predicted octanol–water partition coefficient (Wildman–Crippen LogP) is 1.44. The first-order chi connectivity index (χ1) is 13.0. The van der Waals surface area contributed by atoms with Crippen LogP contribution in [-0.4, -0.2) is 74.2 Å². The van der Waals surface area contributed by atoms with E-state index < -0.39 is 0 Å². The molecule has 7 nitrogen and oxygen atoms in total. The fourth-order valence-corrected chi connectivity index (χ4v) is 3.72. The van der Waals surface area contributed by atoms with Gasteiger partial charge in [0.2, 0.25) is 0 Å². The van der Waals surface area contributed by atoms with Gasteiger partial charge in [0.25, 0.3) is 5.91 Å². The number of carbonyl (C=O) groups excluding carboxylic acids is 2. The number of carbonyl (C=O) groups is 2. The van der Waals surface area contributed by atoms with Crippen LogP contribution in [0, 0.1) is 0 Å². The number of urea groups is 1. The van der Waals surface area contributed by atoms with Crippen molar-refractivity contribution < 1.29 is 14.3 Å². The first-order valence-corrected chi connectivity index (χ1v) is 9.65. The van der Waals surface area contributed by atoms with Crippen molar-refractivity contribution in [3.63, 3.8) is 0 Å². The number of ether oxygens (including phenoxy) is 1. The average Bonchev–Trinajstić information content (AvgIpc) is 2.66. The molecule has 2 heterocycles. The van der Waals surface area contributed by atoms with Gasteiger partial charge in [0.1, 0.15) is 0 Å². The monoisotopic (exact) mass is 374 g/mol. The van der Waals surface area contributed by atoms with Crippen LogP contribution in [0.4, 0.5) is 4.79 Å². The van der Waals surface area contributed by atoms with Crippen molar-refractivity contribution in [3.05, 3.63) is 35.4 Å². The Labute approximate surface area is 161 Å². The van der Waals surface area contributed by atoms with E-state index in [1.807, 2.05) is 42.1 Å². The van der Waals surface area contributed by atoms with E-state index in [4.69, 9.17) is 4.74 Å². The molecule has 3 amide bonds. The summed E-state index contributed by atoms with van der Waals surface area (Å²) in [5, 5.41) is 5.91. The SMILES string of the molecule is CN(C)CCNC(=O)c1cccc(CNC(=O)N2CCC23CCOCC3)c1. The zero-order valence-corrected chi connectivity index (χ0v) is 16.3. The summed E-state index contributed by atoms with van der Waals surface area (Å²) in [5.41, 5.74) is 1.53. The van der Waals surface area contributed by atoms with Crippen molar-refractivity contribution in [1.82, 2.24) is 20.4 Å². The maximum atomic E-state index is 12.6. The first kappa shape index (κ1) is 19.6. The minimum atomic E-state index is -0.0890. The lowest BCUT2D eigenvalue weighted by atomic mass is 9.78. The minimum Gasteiger partial charge on any atom is -0.381 e. The summed E-state index contributed by atoms with van der Waals surface area (Å²) in [6.45, 7) is 4.09. The molecule has 2 fully saturated rings. The molecule has 148 valence electrons.